The molecule has 32 heavy (non-hydrogen) atoms. The van der Waals surface area contributed by atoms with Gasteiger partial charge in [0.15, 0.2) is 11.7 Å². The Morgan fingerprint density at radius 1 is 0.844 bits per heavy atom. The van der Waals surface area contributed by atoms with Gasteiger partial charge in [-0.15, -0.1) is 0 Å². The van der Waals surface area contributed by atoms with E-state index in [-0.39, 0.29) is 12.5 Å². The van der Waals surface area contributed by atoms with Gasteiger partial charge >= 0.3 is 0 Å². The fraction of sp³-hybridized carbons (Fsp3) is 0.704. The molecule has 0 spiro atoms. The van der Waals surface area contributed by atoms with E-state index in [0.29, 0.717) is 5.11 Å². The van der Waals surface area contributed by atoms with Crippen LogP contribution in [0, 0.1) is 13.8 Å². The summed E-state index contributed by atoms with van der Waals surface area (Å²) in [7, 11) is 0. The highest BCUT2D eigenvalue weighted by Gasteiger charge is 2.07. The van der Waals surface area contributed by atoms with Crippen molar-refractivity contribution in [2.75, 3.05) is 13.2 Å². The Labute approximate surface area is 202 Å². The fourth-order valence-corrected chi connectivity index (χ4v) is 3.95. The SMILES string of the molecule is CCCCCCCCCCCCCCCCNC(=S)NC(=O)COc1cc(C)ccc1C. The summed E-state index contributed by atoms with van der Waals surface area (Å²) in [6.45, 7) is 7.01. The summed E-state index contributed by atoms with van der Waals surface area (Å²) in [6, 6.07) is 5.96. The number of thiocarbonyl (C=S) groups is 1. The Hall–Kier alpha value is -1.62. The normalized spacial score (nSPS) is 10.7. The largest absolute Gasteiger partial charge is 0.483 e. The molecular weight excluding hydrogens is 416 g/mol. The van der Waals surface area contributed by atoms with E-state index in [0.717, 1.165) is 29.8 Å². The molecule has 0 heterocycles. The average Bonchev–Trinajstić information content (AvgIpc) is 2.77. The van der Waals surface area contributed by atoms with Crippen LogP contribution in [0.2, 0.25) is 0 Å². The molecule has 0 aliphatic rings. The molecule has 1 aromatic rings. The van der Waals surface area contributed by atoms with Gasteiger partial charge in [-0.1, -0.05) is 103 Å². The van der Waals surface area contributed by atoms with Gasteiger partial charge in [-0.05, 0) is 49.7 Å². The zero-order valence-electron chi connectivity index (χ0n) is 20.8. The van der Waals surface area contributed by atoms with Crippen LogP contribution in [-0.2, 0) is 4.79 Å². The maximum absolute atomic E-state index is 12.0. The molecule has 0 fully saturated rings. The summed E-state index contributed by atoms with van der Waals surface area (Å²) >= 11 is 5.21. The van der Waals surface area contributed by atoms with Crippen molar-refractivity contribution in [3.8, 4) is 5.75 Å². The maximum atomic E-state index is 12.0. The standard InChI is InChI=1S/C27H46N2O2S/c1-4-5-6-7-8-9-10-11-12-13-14-15-16-17-20-28-27(32)29-26(30)22-31-25-21-23(2)18-19-24(25)3/h18-19,21H,4-17,20,22H2,1-3H3,(H2,28,29,30,32). The van der Waals surface area contributed by atoms with Crippen molar-refractivity contribution in [2.24, 2.45) is 0 Å². The monoisotopic (exact) mass is 462 g/mol. The first-order valence-electron chi connectivity index (χ1n) is 12.8. The summed E-state index contributed by atoms with van der Waals surface area (Å²) < 4.78 is 5.61. The van der Waals surface area contributed by atoms with Crippen LogP contribution in [0.15, 0.2) is 18.2 Å². The van der Waals surface area contributed by atoms with Crippen LogP contribution in [0.5, 0.6) is 5.75 Å². The molecule has 2 N–H and O–H groups in total. The van der Waals surface area contributed by atoms with Gasteiger partial charge in [0.05, 0.1) is 0 Å². The lowest BCUT2D eigenvalue weighted by Gasteiger charge is -2.12. The Morgan fingerprint density at radius 2 is 1.38 bits per heavy atom. The first kappa shape index (κ1) is 28.4. The van der Waals surface area contributed by atoms with Crippen LogP contribution < -0.4 is 15.4 Å². The van der Waals surface area contributed by atoms with Gasteiger partial charge in [0.2, 0.25) is 0 Å². The molecule has 5 heteroatoms. The summed E-state index contributed by atoms with van der Waals surface area (Å²) in [4.78, 5) is 12.0. The van der Waals surface area contributed by atoms with Crippen LogP contribution in [0.4, 0.5) is 0 Å². The third-order valence-electron chi connectivity index (χ3n) is 5.77. The zero-order valence-corrected chi connectivity index (χ0v) is 21.6. The van der Waals surface area contributed by atoms with Gasteiger partial charge in [0.1, 0.15) is 5.75 Å². The quantitative estimate of drug-likeness (QED) is 0.180. The van der Waals surface area contributed by atoms with Crippen molar-refractivity contribution in [1.82, 2.24) is 10.6 Å². The van der Waals surface area contributed by atoms with E-state index in [1.165, 1.54) is 83.5 Å². The summed E-state index contributed by atoms with van der Waals surface area (Å²) in [6.07, 6.45) is 18.9. The van der Waals surface area contributed by atoms with E-state index in [4.69, 9.17) is 17.0 Å². The van der Waals surface area contributed by atoms with E-state index < -0.39 is 0 Å². The molecule has 0 aliphatic heterocycles. The number of hydrogen-bond donors (Lipinski definition) is 2. The molecule has 0 bridgehead atoms. The summed E-state index contributed by atoms with van der Waals surface area (Å²) in [5.74, 6) is 0.505. The van der Waals surface area contributed by atoms with Gasteiger partial charge in [0.25, 0.3) is 5.91 Å². The van der Waals surface area contributed by atoms with E-state index in [1.54, 1.807) is 0 Å². The highest BCUT2D eigenvalue weighted by molar-refractivity contribution is 7.80. The maximum Gasteiger partial charge on any atom is 0.264 e. The first-order chi connectivity index (χ1) is 15.5. The Morgan fingerprint density at radius 3 is 1.94 bits per heavy atom. The molecule has 1 rings (SSSR count). The molecule has 0 aliphatic carbocycles. The lowest BCUT2D eigenvalue weighted by atomic mass is 10.0. The van der Waals surface area contributed by atoms with Crippen molar-refractivity contribution in [1.29, 1.82) is 0 Å². The number of hydrogen-bond acceptors (Lipinski definition) is 3. The fourth-order valence-electron chi connectivity index (χ4n) is 3.73. The van der Waals surface area contributed by atoms with Crippen molar-refractivity contribution in [2.45, 2.75) is 111 Å². The number of ether oxygens (including phenoxy) is 1. The van der Waals surface area contributed by atoms with Gasteiger partial charge < -0.3 is 15.4 Å². The van der Waals surface area contributed by atoms with E-state index in [9.17, 15) is 4.79 Å². The minimum Gasteiger partial charge on any atom is -0.483 e. The summed E-state index contributed by atoms with van der Waals surface area (Å²) in [5.41, 5.74) is 2.12. The van der Waals surface area contributed by atoms with Crippen molar-refractivity contribution < 1.29 is 9.53 Å². The lowest BCUT2D eigenvalue weighted by Crippen LogP contribution is -2.41. The minimum absolute atomic E-state index is 0.0367. The average molecular weight is 463 g/mol. The Bertz CT molecular complexity index is 649. The highest BCUT2D eigenvalue weighted by atomic mass is 32.1. The first-order valence-corrected chi connectivity index (χ1v) is 13.2. The molecular formula is C27H46N2O2S. The van der Waals surface area contributed by atoms with E-state index in [1.807, 2.05) is 32.0 Å². The number of unbranched alkanes of at least 4 members (excludes halogenated alkanes) is 13. The van der Waals surface area contributed by atoms with Gasteiger partial charge in [-0.3, -0.25) is 4.79 Å². The molecule has 0 saturated heterocycles. The lowest BCUT2D eigenvalue weighted by molar-refractivity contribution is -0.121. The number of nitrogens with one attached hydrogen (secondary N) is 2. The Kier molecular flexibility index (Phi) is 16.8. The molecule has 0 saturated carbocycles. The predicted octanol–water partition coefficient (Wildman–Crippen LogP) is 7.15. The molecule has 0 radical (unpaired) electrons. The second-order valence-electron chi connectivity index (χ2n) is 8.96. The smallest absolute Gasteiger partial charge is 0.264 e. The molecule has 0 aromatic heterocycles. The summed E-state index contributed by atoms with van der Waals surface area (Å²) in [5, 5.41) is 6.19. The van der Waals surface area contributed by atoms with Crippen LogP contribution in [-0.4, -0.2) is 24.2 Å². The number of carbonyl (C=O) groups excluding carboxylic acids is 1. The third-order valence-corrected chi connectivity index (χ3v) is 6.02. The minimum atomic E-state index is -0.232. The number of benzene rings is 1. The van der Waals surface area contributed by atoms with Gasteiger partial charge in [-0.25, -0.2) is 0 Å². The van der Waals surface area contributed by atoms with Crippen LogP contribution >= 0.6 is 12.2 Å². The molecule has 182 valence electrons. The molecule has 1 aromatic carbocycles. The van der Waals surface area contributed by atoms with Gasteiger partial charge in [0, 0.05) is 6.54 Å². The Balaban J connectivity index is 1.91. The second kappa shape index (κ2) is 18.9. The molecule has 0 unspecified atom stereocenters. The highest BCUT2D eigenvalue weighted by Crippen LogP contribution is 2.18. The third kappa shape index (κ3) is 15.2. The molecule has 4 nitrogen and oxygen atoms in total. The number of rotatable bonds is 18. The number of amides is 1. The zero-order chi connectivity index (χ0) is 23.4. The van der Waals surface area contributed by atoms with E-state index in [2.05, 4.69) is 17.6 Å². The molecule has 0 atom stereocenters. The van der Waals surface area contributed by atoms with Crippen LogP contribution in [0.3, 0.4) is 0 Å². The van der Waals surface area contributed by atoms with Crippen molar-refractivity contribution >= 4 is 23.2 Å². The van der Waals surface area contributed by atoms with Crippen molar-refractivity contribution in [3.05, 3.63) is 29.3 Å². The number of aryl methyl sites for hydroxylation is 2. The second-order valence-corrected chi connectivity index (χ2v) is 9.37. The van der Waals surface area contributed by atoms with E-state index >= 15 is 0 Å². The predicted molar refractivity (Wildman–Crippen MR) is 140 cm³/mol. The van der Waals surface area contributed by atoms with Crippen LogP contribution in [0.1, 0.15) is 108 Å². The topological polar surface area (TPSA) is 50.4 Å². The number of carbonyl (C=O) groups is 1. The van der Waals surface area contributed by atoms with Gasteiger partial charge in [-0.2, -0.15) is 0 Å². The van der Waals surface area contributed by atoms with Crippen LogP contribution in [0.25, 0.3) is 0 Å². The van der Waals surface area contributed by atoms with Crippen molar-refractivity contribution in [3.63, 3.8) is 0 Å². The molecule has 1 amide bonds.